The highest BCUT2D eigenvalue weighted by atomic mass is 79.9. The summed E-state index contributed by atoms with van der Waals surface area (Å²) in [4.78, 5) is 0. The molecule has 1 aliphatic heterocycles. The van der Waals surface area contributed by atoms with Gasteiger partial charge in [0.2, 0.25) is 0 Å². The minimum Gasteiger partial charge on any atom is -0.493 e. The molecule has 4 heteroatoms. The lowest BCUT2D eigenvalue weighted by atomic mass is 10.1. The first-order chi connectivity index (χ1) is 8.70. The van der Waals surface area contributed by atoms with Crippen molar-refractivity contribution >= 4 is 27.5 Å². The molecule has 0 aromatic heterocycles. The van der Waals surface area contributed by atoms with E-state index in [1.165, 1.54) is 11.1 Å². The molecule has 0 bridgehead atoms. The molecule has 0 amide bonds. The fraction of sp³-hybridized carbons (Fsp3) is 0.571. The van der Waals surface area contributed by atoms with E-state index < -0.39 is 0 Å². The van der Waals surface area contributed by atoms with Crippen LogP contribution in [0.1, 0.15) is 24.5 Å². The van der Waals surface area contributed by atoms with Crippen LogP contribution in [-0.2, 0) is 13.0 Å². The van der Waals surface area contributed by atoms with Gasteiger partial charge in [0.15, 0.2) is 0 Å². The van der Waals surface area contributed by atoms with Crippen molar-refractivity contribution in [3.63, 3.8) is 0 Å². The van der Waals surface area contributed by atoms with Crippen LogP contribution in [0, 0.1) is 5.92 Å². The zero-order valence-corrected chi connectivity index (χ0v) is 13.0. The van der Waals surface area contributed by atoms with Gasteiger partial charge in [0.1, 0.15) is 5.75 Å². The topological polar surface area (TPSA) is 21.3 Å². The summed E-state index contributed by atoms with van der Waals surface area (Å²) in [6, 6.07) is 4.30. The van der Waals surface area contributed by atoms with Crippen molar-refractivity contribution in [1.82, 2.24) is 5.32 Å². The Morgan fingerprint density at radius 2 is 2.33 bits per heavy atom. The zero-order valence-electron chi connectivity index (χ0n) is 10.6. The number of fused-ring (bicyclic) bond motifs is 1. The molecule has 100 valence electrons. The van der Waals surface area contributed by atoms with E-state index in [4.69, 9.17) is 16.3 Å². The minimum atomic E-state index is 0.614. The van der Waals surface area contributed by atoms with Crippen molar-refractivity contribution < 1.29 is 4.74 Å². The smallest absolute Gasteiger partial charge is 0.127 e. The van der Waals surface area contributed by atoms with Crippen molar-refractivity contribution in [2.45, 2.75) is 26.3 Å². The van der Waals surface area contributed by atoms with Crippen LogP contribution in [0.2, 0.25) is 0 Å². The molecule has 1 aromatic carbocycles. The molecular weight excluding hydrogens is 314 g/mol. The van der Waals surface area contributed by atoms with Crippen LogP contribution < -0.4 is 10.1 Å². The van der Waals surface area contributed by atoms with Crippen LogP contribution in [0.4, 0.5) is 0 Å². The Balaban J connectivity index is 1.93. The molecule has 0 aliphatic carbocycles. The summed E-state index contributed by atoms with van der Waals surface area (Å²) in [6.45, 7) is 4.88. The molecule has 1 unspecified atom stereocenters. The number of ether oxygens (including phenoxy) is 1. The second-order valence-corrected chi connectivity index (χ2v) is 6.16. The normalized spacial score (nSPS) is 15.3. The SMILES string of the molecule is CC(CCCl)CNCc1cc(Br)cc2c1OCC2. The highest BCUT2D eigenvalue weighted by Crippen LogP contribution is 2.32. The van der Waals surface area contributed by atoms with E-state index in [-0.39, 0.29) is 0 Å². The maximum absolute atomic E-state index is 5.74. The molecule has 18 heavy (non-hydrogen) atoms. The number of benzene rings is 1. The van der Waals surface area contributed by atoms with Gasteiger partial charge in [-0.15, -0.1) is 11.6 Å². The molecule has 0 fully saturated rings. The monoisotopic (exact) mass is 331 g/mol. The molecule has 0 radical (unpaired) electrons. The molecule has 1 aliphatic rings. The van der Waals surface area contributed by atoms with Crippen LogP contribution >= 0.6 is 27.5 Å². The molecule has 2 rings (SSSR count). The molecule has 0 saturated heterocycles. The summed E-state index contributed by atoms with van der Waals surface area (Å²) in [6.07, 6.45) is 2.08. The number of nitrogens with one attached hydrogen (secondary N) is 1. The van der Waals surface area contributed by atoms with Crippen molar-refractivity contribution in [1.29, 1.82) is 0 Å². The predicted molar refractivity (Wildman–Crippen MR) is 79.5 cm³/mol. The van der Waals surface area contributed by atoms with E-state index in [9.17, 15) is 0 Å². The predicted octanol–water partition coefficient (Wildman–Crippen LogP) is 3.74. The van der Waals surface area contributed by atoms with Gasteiger partial charge in [-0.1, -0.05) is 22.9 Å². The molecule has 2 nitrogen and oxygen atoms in total. The lowest BCUT2D eigenvalue weighted by Crippen LogP contribution is -2.21. The van der Waals surface area contributed by atoms with Crippen molar-refractivity contribution in [3.05, 3.63) is 27.7 Å². The average molecular weight is 333 g/mol. The molecule has 1 aromatic rings. The van der Waals surface area contributed by atoms with E-state index >= 15 is 0 Å². The van der Waals surface area contributed by atoms with Gasteiger partial charge in [0, 0.05) is 28.9 Å². The van der Waals surface area contributed by atoms with Gasteiger partial charge in [-0.25, -0.2) is 0 Å². The van der Waals surface area contributed by atoms with Crippen LogP contribution in [0.25, 0.3) is 0 Å². The maximum Gasteiger partial charge on any atom is 0.127 e. The number of hydrogen-bond donors (Lipinski definition) is 1. The fourth-order valence-electron chi connectivity index (χ4n) is 2.22. The Labute approximate surface area is 122 Å². The first-order valence-electron chi connectivity index (χ1n) is 6.41. The van der Waals surface area contributed by atoms with Crippen LogP contribution in [0.3, 0.4) is 0 Å². The van der Waals surface area contributed by atoms with Gasteiger partial charge < -0.3 is 10.1 Å². The average Bonchev–Trinajstić information content (AvgIpc) is 2.77. The lowest BCUT2D eigenvalue weighted by Gasteiger charge is -2.13. The quantitative estimate of drug-likeness (QED) is 0.801. The molecule has 1 atom stereocenters. The van der Waals surface area contributed by atoms with E-state index in [2.05, 4.69) is 40.3 Å². The van der Waals surface area contributed by atoms with Gasteiger partial charge in [-0.05, 0) is 36.6 Å². The lowest BCUT2D eigenvalue weighted by molar-refractivity contribution is 0.352. The third-order valence-electron chi connectivity index (χ3n) is 3.24. The van der Waals surface area contributed by atoms with Crippen LogP contribution in [0.15, 0.2) is 16.6 Å². The largest absolute Gasteiger partial charge is 0.493 e. The van der Waals surface area contributed by atoms with E-state index in [1.54, 1.807) is 0 Å². The van der Waals surface area contributed by atoms with Gasteiger partial charge in [0.25, 0.3) is 0 Å². The van der Waals surface area contributed by atoms with Crippen LogP contribution in [-0.4, -0.2) is 19.0 Å². The molecule has 1 N–H and O–H groups in total. The number of alkyl halides is 1. The summed E-state index contributed by atoms with van der Waals surface area (Å²) < 4.78 is 6.84. The maximum atomic E-state index is 5.74. The van der Waals surface area contributed by atoms with Gasteiger partial charge in [-0.3, -0.25) is 0 Å². The highest BCUT2D eigenvalue weighted by molar-refractivity contribution is 9.10. The first kappa shape index (κ1) is 14.2. The fourth-order valence-corrected chi connectivity index (χ4v) is 3.14. The Hall–Kier alpha value is -0.250. The van der Waals surface area contributed by atoms with E-state index in [0.717, 1.165) is 48.6 Å². The van der Waals surface area contributed by atoms with E-state index in [1.807, 2.05) is 0 Å². The summed E-state index contributed by atoms with van der Waals surface area (Å²) in [7, 11) is 0. The zero-order chi connectivity index (χ0) is 13.0. The molecular formula is C14H19BrClNO. The van der Waals surface area contributed by atoms with Crippen molar-refractivity contribution in [2.75, 3.05) is 19.0 Å². The van der Waals surface area contributed by atoms with Gasteiger partial charge in [-0.2, -0.15) is 0 Å². The summed E-state index contributed by atoms with van der Waals surface area (Å²) >= 11 is 9.30. The van der Waals surface area contributed by atoms with Gasteiger partial charge >= 0.3 is 0 Å². The summed E-state index contributed by atoms with van der Waals surface area (Å²) in [5.74, 6) is 2.43. The third kappa shape index (κ3) is 3.62. The Kier molecular flexibility index (Phi) is 5.34. The highest BCUT2D eigenvalue weighted by Gasteiger charge is 2.17. The Bertz CT molecular complexity index is 411. The second kappa shape index (κ2) is 6.78. The first-order valence-corrected chi connectivity index (χ1v) is 7.74. The summed E-state index contributed by atoms with van der Waals surface area (Å²) in [5, 5.41) is 3.48. The van der Waals surface area contributed by atoms with Gasteiger partial charge in [0.05, 0.1) is 6.61 Å². The molecule has 0 spiro atoms. The minimum absolute atomic E-state index is 0.614. The van der Waals surface area contributed by atoms with E-state index in [0.29, 0.717) is 5.92 Å². The van der Waals surface area contributed by atoms with Crippen LogP contribution in [0.5, 0.6) is 5.75 Å². The number of hydrogen-bond acceptors (Lipinski definition) is 2. The second-order valence-electron chi connectivity index (χ2n) is 4.87. The van der Waals surface area contributed by atoms with Crippen molar-refractivity contribution in [2.24, 2.45) is 5.92 Å². The summed E-state index contributed by atoms with van der Waals surface area (Å²) in [5.41, 5.74) is 2.56. The number of rotatable bonds is 6. The number of halogens is 2. The Morgan fingerprint density at radius 1 is 1.50 bits per heavy atom. The molecule has 0 saturated carbocycles. The standard InChI is InChI=1S/C14H19BrClNO/c1-10(2-4-16)8-17-9-12-7-13(15)6-11-3-5-18-14(11)12/h6-7,10,17H,2-5,8-9H2,1H3. The Morgan fingerprint density at radius 3 is 3.11 bits per heavy atom. The molecule has 1 heterocycles. The third-order valence-corrected chi connectivity index (χ3v) is 3.91. The van der Waals surface area contributed by atoms with Crippen molar-refractivity contribution in [3.8, 4) is 5.75 Å².